The Balaban J connectivity index is 2.24. The van der Waals surface area contributed by atoms with Crippen molar-refractivity contribution in [3.8, 4) is 0 Å². The number of H-pyrrole nitrogens is 1. The molecule has 2 heterocycles. The number of benzene rings is 1. The predicted molar refractivity (Wildman–Crippen MR) is 110 cm³/mol. The van der Waals surface area contributed by atoms with Crippen LogP contribution in [0.15, 0.2) is 23.0 Å². The van der Waals surface area contributed by atoms with Gasteiger partial charge >= 0.3 is 5.97 Å². The number of aromatic amines is 1. The van der Waals surface area contributed by atoms with Crippen LogP contribution in [0.2, 0.25) is 0 Å². The molecule has 0 spiro atoms. The molecule has 1 aromatic carbocycles. The van der Waals surface area contributed by atoms with Crippen molar-refractivity contribution in [2.45, 2.75) is 34.6 Å². The molecule has 5 nitrogen and oxygen atoms in total. The molecule has 0 atom stereocenters. The minimum atomic E-state index is -0.508. The second kappa shape index (κ2) is 7.48. The number of fused-ring (bicyclic) bond motifs is 1. The van der Waals surface area contributed by atoms with Gasteiger partial charge in [0.2, 0.25) is 0 Å². The van der Waals surface area contributed by atoms with Gasteiger partial charge in [0.1, 0.15) is 16.2 Å². The number of hydrogen-bond donors (Lipinski definition) is 1. The summed E-state index contributed by atoms with van der Waals surface area (Å²) in [6.45, 7) is 9.82. The van der Waals surface area contributed by atoms with Crippen LogP contribution >= 0.6 is 11.3 Å². The number of thiophene rings is 1. The molecule has 3 rings (SSSR count). The Morgan fingerprint density at radius 1 is 1.26 bits per heavy atom. The molecule has 0 aliphatic carbocycles. The molecule has 0 fully saturated rings. The van der Waals surface area contributed by atoms with Crippen LogP contribution in [-0.4, -0.2) is 22.5 Å². The number of esters is 1. The maximum atomic E-state index is 12.6. The second-order valence-corrected chi connectivity index (χ2v) is 7.72. The number of ether oxygens (including phenoxy) is 1. The summed E-state index contributed by atoms with van der Waals surface area (Å²) in [4.78, 5) is 34.2. The SMILES string of the molecule is CCOC(=O)C(=Cc1cc(C)ccc1C)c1nc2sc(C)c(C)c2c(=O)[nH]1. The molecule has 6 heteroatoms. The number of carbonyl (C=O) groups is 1. The molecule has 1 N–H and O–H groups in total. The lowest BCUT2D eigenvalue weighted by Gasteiger charge is -2.09. The van der Waals surface area contributed by atoms with Gasteiger partial charge in [-0.15, -0.1) is 11.3 Å². The monoisotopic (exact) mass is 382 g/mol. The van der Waals surface area contributed by atoms with Crippen molar-refractivity contribution >= 4 is 39.2 Å². The van der Waals surface area contributed by atoms with Crippen molar-refractivity contribution < 1.29 is 9.53 Å². The van der Waals surface area contributed by atoms with Gasteiger partial charge in [0, 0.05) is 4.88 Å². The molecule has 0 aliphatic rings. The standard InChI is InChI=1S/C21H22N2O3S/c1-6-26-21(25)16(10-15-9-11(2)7-8-12(15)3)18-22-19(24)17-13(4)14(5)27-20(17)23-18/h7-10H,6H2,1-5H3,(H,22,23,24). The summed E-state index contributed by atoms with van der Waals surface area (Å²) in [7, 11) is 0. The van der Waals surface area contributed by atoms with E-state index in [4.69, 9.17) is 4.74 Å². The highest BCUT2D eigenvalue weighted by atomic mass is 32.1. The highest BCUT2D eigenvalue weighted by Crippen LogP contribution is 2.27. The third kappa shape index (κ3) is 3.71. The first-order valence-corrected chi connectivity index (χ1v) is 9.60. The van der Waals surface area contributed by atoms with E-state index < -0.39 is 5.97 Å². The van der Waals surface area contributed by atoms with Gasteiger partial charge in [-0.05, 0) is 57.4 Å². The van der Waals surface area contributed by atoms with E-state index in [1.807, 2.05) is 45.9 Å². The van der Waals surface area contributed by atoms with Gasteiger partial charge < -0.3 is 9.72 Å². The Morgan fingerprint density at radius 2 is 2.00 bits per heavy atom. The summed E-state index contributed by atoms with van der Waals surface area (Å²) in [6, 6.07) is 6.00. The van der Waals surface area contributed by atoms with Crippen LogP contribution in [0.5, 0.6) is 0 Å². The van der Waals surface area contributed by atoms with E-state index in [-0.39, 0.29) is 23.6 Å². The van der Waals surface area contributed by atoms with Crippen molar-refractivity contribution in [3.63, 3.8) is 0 Å². The van der Waals surface area contributed by atoms with Crippen molar-refractivity contribution in [3.05, 3.63) is 61.5 Å². The first-order valence-electron chi connectivity index (χ1n) is 8.78. The minimum absolute atomic E-state index is 0.230. The lowest BCUT2D eigenvalue weighted by Crippen LogP contribution is -2.15. The van der Waals surface area contributed by atoms with Crippen molar-refractivity contribution in [1.82, 2.24) is 9.97 Å². The average molecular weight is 382 g/mol. The smallest absolute Gasteiger partial charge is 0.341 e. The largest absolute Gasteiger partial charge is 0.462 e. The molecule has 0 amide bonds. The van der Waals surface area contributed by atoms with E-state index in [2.05, 4.69) is 9.97 Å². The Bertz CT molecular complexity index is 1120. The van der Waals surface area contributed by atoms with E-state index in [0.717, 1.165) is 27.1 Å². The van der Waals surface area contributed by atoms with Crippen molar-refractivity contribution in [2.75, 3.05) is 6.61 Å². The molecule has 0 bridgehead atoms. The van der Waals surface area contributed by atoms with Crippen molar-refractivity contribution in [2.24, 2.45) is 0 Å². The summed E-state index contributed by atoms with van der Waals surface area (Å²) < 4.78 is 5.22. The Kier molecular flexibility index (Phi) is 5.28. The topological polar surface area (TPSA) is 72.0 Å². The number of nitrogens with one attached hydrogen (secondary N) is 1. The van der Waals surface area contributed by atoms with Gasteiger partial charge in [-0.1, -0.05) is 23.8 Å². The number of nitrogens with zero attached hydrogens (tertiary/aromatic N) is 1. The van der Waals surface area contributed by atoms with Crippen LogP contribution in [0, 0.1) is 27.7 Å². The highest BCUT2D eigenvalue weighted by molar-refractivity contribution is 7.18. The van der Waals surface area contributed by atoms with Crippen LogP contribution in [0.1, 0.15) is 39.9 Å². The van der Waals surface area contributed by atoms with Gasteiger partial charge in [-0.2, -0.15) is 0 Å². The number of carbonyl (C=O) groups excluding carboxylic acids is 1. The molecule has 0 saturated carbocycles. The molecule has 2 aromatic heterocycles. The fourth-order valence-corrected chi connectivity index (χ4v) is 3.92. The molecule has 0 aliphatic heterocycles. The fourth-order valence-electron chi connectivity index (χ4n) is 2.89. The maximum Gasteiger partial charge on any atom is 0.341 e. The third-order valence-corrected chi connectivity index (χ3v) is 5.63. The van der Waals surface area contributed by atoms with E-state index >= 15 is 0 Å². The maximum absolute atomic E-state index is 12.6. The summed E-state index contributed by atoms with van der Waals surface area (Å²) in [5, 5.41) is 0.580. The Morgan fingerprint density at radius 3 is 2.70 bits per heavy atom. The van der Waals surface area contributed by atoms with Crippen molar-refractivity contribution in [1.29, 1.82) is 0 Å². The van der Waals surface area contributed by atoms with Crippen LogP contribution in [0.4, 0.5) is 0 Å². The van der Waals surface area contributed by atoms with Gasteiger partial charge in [-0.3, -0.25) is 4.79 Å². The first kappa shape index (κ1) is 19.0. The minimum Gasteiger partial charge on any atom is -0.462 e. The zero-order valence-electron chi connectivity index (χ0n) is 16.1. The molecule has 3 aromatic rings. The molecule has 0 unspecified atom stereocenters. The summed E-state index contributed by atoms with van der Waals surface area (Å²) in [5.41, 5.74) is 3.91. The molecule has 0 saturated heterocycles. The van der Waals surface area contributed by atoms with Gasteiger partial charge in [0.25, 0.3) is 5.56 Å². The fraction of sp³-hybridized carbons (Fsp3) is 0.286. The Hall–Kier alpha value is -2.73. The van der Waals surface area contributed by atoms with Crippen LogP contribution < -0.4 is 5.56 Å². The lowest BCUT2D eigenvalue weighted by molar-refractivity contribution is -0.136. The predicted octanol–water partition coefficient (Wildman–Crippen LogP) is 4.32. The summed E-state index contributed by atoms with van der Waals surface area (Å²) >= 11 is 1.45. The number of aryl methyl sites for hydroxylation is 4. The van der Waals surface area contributed by atoms with Gasteiger partial charge in [-0.25, -0.2) is 9.78 Å². The number of rotatable bonds is 4. The third-order valence-electron chi connectivity index (χ3n) is 4.52. The molecular formula is C21H22N2O3S. The first-order chi connectivity index (χ1) is 12.8. The van der Waals surface area contributed by atoms with Gasteiger partial charge in [0.05, 0.1) is 12.0 Å². The van der Waals surface area contributed by atoms with E-state index in [0.29, 0.717) is 10.2 Å². The number of hydrogen-bond acceptors (Lipinski definition) is 5. The zero-order chi connectivity index (χ0) is 19.7. The Labute approximate surface area is 161 Å². The number of aromatic nitrogens is 2. The normalized spacial score (nSPS) is 11.8. The average Bonchev–Trinajstić information content (AvgIpc) is 2.90. The lowest BCUT2D eigenvalue weighted by atomic mass is 10.0. The quantitative estimate of drug-likeness (QED) is 0.539. The van der Waals surface area contributed by atoms with Crippen LogP contribution in [-0.2, 0) is 9.53 Å². The van der Waals surface area contributed by atoms with Gasteiger partial charge in [0.15, 0.2) is 0 Å². The van der Waals surface area contributed by atoms with E-state index in [1.54, 1.807) is 13.0 Å². The van der Waals surface area contributed by atoms with Crippen LogP contribution in [0.3, 0.4) is 0 Å². The van der Waals surface area contributed by atoms with E-state index in [1.165, 1.54) is 11.3 Å². The molecule has 0 radical (unpaired) electrons. The van der Waals surface area contributed by atoms with E-state index in [9.17, 15) is 9.59 Å². The summed E-state index contributed by atoms with van der Waals surface area (Å²) in [5.74, 6) is -0.279. The molecule has 27 heavy (non-hydrogen) atoms. The second-order valence-electron chi connectivity index (χ2n) is 6.52. The van der Waals surface area contributed by atoms with Crippen LogP contribution in [0.25, 0.3) is 21.9 Å². The molecular weight excluding hydrogens is 360 g/mol. The summed E-state index contributed by atoms with van der Waals surface area (Å²) in [6.07, 6.45) is 1.73. The highest BCUT2D eigenvalue weighted by Gasteiger charge is 2.20. The zero-order valence-corrected chi connectivity index (χ0v) is 16.9. The molecule has 140 valence electrons.